The van der Waals surface area contributed by atoms with Gasteiger partial charge in [0.1, 0.15) is 0 Å². The first-order valence-electron chi connectivity index (χ1n) is 5.18. The van der Waals surface area contributed by atoms with Crippen molar-refractivity contribution in [3.63, 3.8) is 0 Å². The molecule has 5 heteroatoms. The lowest BCUT2D eigenvalue weighted by Gasteiger charge is -2.17. The molecule has 1 aromatic rings. The van der Waals surface area contributed by atoms with Gasteiger partial charge < -0.3 is 10.4 Å². The fourth-order valence-corrected chi connectivity index (χ4v) is 1.06. The normalized spacial score (nSPS) is 11.2. The van der Waals surface area contributed by atoms with Crippen molar-refractivity contribution in [1.82, 2.24) is 15.3 Å². The number of nitrogens with one attached hydrogen (secondary N) is 1. The molecule has 88 valence electrons. The summed E-state index contributed by atoms with van der Waals surface area (Å²) in [4.78, 5) is 18.8. The van der Waals surface area contributed by atoms with Crippen LogP contribution in [-0.4, -0.2) is 27.5 Å². The van der Waals surface area contributed by atoms with Crippen LogP contribution in [0.5, 0.6) is 6.01 Å². The predicted molar refractivity (Wildman–Crippen MR) is 59.9 cm³/mol. The van der Waals surface area contributed by atoms with Crippen molar-refractivity contribution < 1.29 is 9.90 Å². The second-order valence-electron chi connectivity index (χ2n) is 4.65. The molecular formula is C11H17N3O2. The Labute approximate surface area is 94.9 Å². The maximum Gasteiger partial charge on any atom is 0.313 e. The van der Waals surface area contributed by atoms with E-state index in [1.165, 1.54) is 0 Å². The summed E-state index contributed by atoms with van der Waals surface area (Å²) in [5.74, 6) is 0.0206. The van der Waals surface area contributed by atoms with Gasteiger partial charge in [0.05, 0.1) is 0 Å². The first-order chi connectivity index (χ1) is 7.39. The third-order valence-corrected chi connectivity index (χ3v) is 2.07. The van der Waals surface area contributed by atoms with Gasteiger partial charge in [0.15, 0.2) is 0 Å². The largest absolute Gasteiger partial charge is 0.479 e. The molecule has 1 heterocycles. The maximum absolute atomic E-state index is 11.5. The number of hydrogen-bond acceptors (Lipinski definition) is 4. The number of carbonyl (C=O) groups excluding carboxylic acids is 1. The summed E-state index contributed by atoms with van der Waals surface area (Å²) >= 11 is 0. The van der Waals surface area contributed by atoms with E-state index in [9.17, 15) is 4.79 Å². The second-order valence-corrected chi connectivity index (χ2v) is 4.65. The van der Waals surface area contributed by atoms with E-state index in [4.69, 9.17) is 5.11 Å². The van der Waals surface area contributed by atoms with Crippen LogP contribution in [0.1, 0.15) is 26.3 Å². The van der Waals surface area contributed by atoms with Gasteiger partial charge in [0, 0.05) is 24.4 Å². The quantitative estimate of drug-likeness (QED) is 0.798. The molecule has 0 saturated heterocycles. The van der Waals surface area contributed by atoms with E-state index in [1.54, 1.807) is 12.4 Å². The zero-order valence-electron chi connectivity index (χ0n) is 9.82. The molecule has 16 heavy (non-hydrogen) atoms. The summed E-state index contributed by atoms with van der Waals surface area (Å²) in [7, 11) is 0. The van der Waals surface area contributed by atoms with Crippen molar-refractivity contribution >= 4 is 5.91 Å². The molecule has 0 spiro atoms. The van der Waals surface area contributed by atoms with Crippen LogP contribution in [0.4, 0.5) is 0 Å². The summed E-state index contributed by atoms with van der Waals surface area (Å²) < 4.78 is 0. The fourth-order valence-electron chi connectivity index (χ4n) is 1.06. The lowest BCUT2D eigenvalue weighted by atomic mass is 9.96. The number of rotatable bonds is 3. The standard InChI is InChI=1S/C11H17N3O2/c1-11(2,3)9(15)12-5-4-8-6-13-10(16)14-7-8/h6-7H,4-5H2,1-3H3,(H,12,15)(H,13,14,16). The molecule has 5 nitrogen and oxygen atoms in total. The van der Waals surface area contributed by atoms with Gasteiger partial charge in [-0.05, 0) is 12.0 Å². The Balaban J connectivity index is 2.36. The molecule has 0 fully saturated rings. The number of aromatic hydroxyl groups is 1. The first-order valence-corrected chi connectivity index (χ1v) is 5.18. The van der Waals surface area contributed by atoms with Gasteiger partial charge in [-0.25, -0.2) is 9.97 Å². The molecule has 0 bridgehead atoms. The Kier molecular flexibility index (Phi) is 3.82. The minimum atomic E-state index is -0.370. The molecule has 1 rings (SSSR count). The topological polar surface area (TPSA) is 75.1 Å². The summed E-state index contributed by atoms with van der Waals surface area (Å²) in [6.45, 7) is 6.15. The number of aromatic nitrogens is 2. The van der Waals surface area contributed by atoms with Crippen molar-refractivity contribution in [1.29, 1.82) is 0 Å². The van der Waals surface area contributed by atoms with E-state index < -0.39 is 0 Å². The van der Waals surface area contributed by atoms with Crippen molar-refractivity contribution in [2.24, 2.45) is 5.41 Å². The molecule has 2 N–H and O–H groups in total. The average molecular weight is 223 g/mol. The summed E-state index contributed by atoms with van der Waals surface area (Å²) in [6, 6.07) is -0.234. The van der Waals surface area contributed by atoms with Crippen molar-refractivity contribution in [2.45, 2.75) is 27.2 Å². The van der Waals surface area contributed by atoms with E-state index in [0.29, 0.717) is 13.0 Å². The van der Waals surface area contributed by atoms with Gasteiger partial charge in [0.25, 0.3) is 0 Å². The maximum atomic E-state index is 11.5. The SMILES string of the molecule is CC(C)(C)C(=O)NCCc1cnc(O)nc1. The van der Waals surface area contributed by atoms with Crippen molar-refractivity contribution in [2.75, 3.05) is 6.54 Å². The number of nitrogens with zero attached hydrogens (tertiary/aromatic N) is 2. The van der Waals surface area contributed by atoms with E-state index in [0.717, 1.165) is 5.56 Å². The molecule has 1 amide bonds. The average Bonchev–Trinajstić information content (AvgIpc) is 2.19. The second kappa shape index (κ2) is 4.92. The number of hydrogen-bond donors (Lipinski definition) is 2. The molecule has 0 radical (unpaired) electrons. The Hall–Kier alpha value is -1.65. The summed E-state index contributed by atoms with van der Waals surface area (Å²) in [5.41, 5.74) is 0.512. The van der Waals surface area contributed by atoms with E-state index in [-0.39, 0.29) is 17.3 Å². The highest BCUT2D eigenvalue weighted by Crippen LogP contribution is 2.12. The van der Waals surface area contributed by atoms with Crippen molar-refractivity contribution in [3.8, 4) is 6.01 Å². The Morgan fingerprint density at radius 3 is 2.44 bits per heavy atom. The van der Waals surface area contributed by atoms with Crippen LogP contribution < -0.4 is 5.32 Å². The highest BCUT2D eigenvalue weighted by molar-refractivity contribution is 5.81. The van der Waals surface area contributed by atoms with Gasteiger partial charge in [-0.1, -0.05) is 20.8 Å². The van der Waals surface area contributed by atoms with Gasteiger partial charge in [0.2, 0.25) is 5.91 Å². The van der Waals surface area contributed by atoms with Gasteiger partial charge in [-0.2, -0.15) is 0 Å². The Bertz CT molecular complexity index is 354. The van der Waals surface area contributed by atoms with Crippen LogP contribution in [0.25, 0.3) is 0 Å². The first kappa shape index (κ1) is 12.4. The highest BCUT2D eigenvalue weighted by atomic mass is 16.3. The van der Waals surface area contributed by atoms with Crippen LogP contribution in [0.3, 0.4) is 0 Å². The third-order valence-electron chi connectivity index (χ3n) is 2.07. The molecule has 0 atom stereocenters. The predicted octanol–water partition coefficient (Wildman–Crippen LogP) is 0.887. The summed E-state index contributed by atoms with van der Waals surface area (Å²) in [5, 5.41) is 11.7. The van der Waals surface area contributed by atoms with Crippen LogP contribution in [-0.2, 0) is 11.2 Å². The molecule has 0 aromatic carbocycles. The minimum Gasteiger partial charge on any atom is -0.479 e. The fraction of sp³-hybridized carbons (Fsp3) is 0.545. The van der Waals surface area contributed by atoms with Gasteiger partial charge in [-0.15, -0.1) is 0 Å². The highest BCUT2D eigenvalue weighted by Gasteiger charge is 2.20. The monoisotopic (exact) mass is 223 g/mol. The van der Waals surface area contributed by atoms with Crippen LogP contribution in [0.15, 0.2) is 12.4 Å². The number of amides is 1. The van der Waals surface area contributed by atoms with E-state index in [1.807, 2.05) is 20.8 Å². The lowest BCUT2D eigenvalue weighted by molar-refractivity contribution is -0.128. The zero-order valence-corrected chi connectivity index (χ0v) is 9.82. The molecule has 1 aromatic heterocycles. The van der Waals surface area contributed by atoms with Gasteiger partial charge in [-0.3, -0.25) is 4.79 Å². The van der Waals surface area contributed by atoms with Crippen molar-refractivity contribution in [3.05, 3.63) is 18.0 Å². The molecule has 0 aliphatic rings. The Morgan fingerprint density at radius 2 is 1.94 bits per heavy atom. The molecular weight excluding hydrogens is 206 g/mol. The Morgan fingerprint density at radius 1 is 1.38 bits per heavy atom. The smallest absolute Gasteiger partial charge is 0.313 e. The minimum absolute atomic E-state index is 0.0206. The van der Waals surface area contributed by atoms with E-state index in [2.05, 4.69) is 15.3 Å². The van der Waals surface area contributed by atoms with Crippen LogP contribution >= 0.6 is 0 Å². The van der Waals surface area contributed by atoms with Gasteiger partial charge >= 0.3 is 6.01 Å². The summed E-state index contributed by atoms with van der Waals surface area (Å²) in [6.07, 6.45) is 3.75. The lowest BCUT2D eigenvalue weighted by Crippen LogP contribution is -2.35. The van der Waals surface area contributed by atoms with E-state index >= 15 is 0 Å². The molecule has 0 aliphatic carbocycles. The number of carbonyl (C=O) groups is 1. The molecule has 0 aliphatic heterocycles. The molecule has 0 unspecified atom stereocenters. The van der Waals surface area contributed by atoms with Crippen LogP contribution in [0, 0.1) is 5.41 Å². The third kappa shape index (κ3) is 3.84. The zero-order chi connectivity index (χ0) is 12.2. The molecule has 0 saturated carbocycles. The van der Waals surface area contributed by atoms with Crippen LogP contribution in [0.2, 0.25) is 0 Å².